The van der Waals surface area contributed by atoms with Crippen molar-refractivity contribution in [2.24, 2.45) is 0 Å². The van der Waals surface area contributed by atoms with Crippen molar-refractivity contribution >= 4 is 5.69 Å². The predicted molar refractivity (Wildman–Crippen MR) is 90.9 cm³/mol. The van der Waals surface area contributed by atoms with Crippen LogP contribution < -0.4 is 14.2 Å². The molecule has 0 unspecified atom stereocenters. The van der Waals surface area contributed by atoms with E-state index in [4.69, 9.17) is 14.2 Å². The Morgan fingerprint density at radius 1 is 1.21 bits per heavy atom. The smallest absolute Gasteiger partial charge is 0.276 e. The maximum atomic E-state index is 11.3. The SMILES string of the molecule is C=CCc1c([N+](=O)[O-])ccc(OC)c1OCc1cccc(OC)c1. The summed E-state index contributed by atoms with van der Waals surface area (Å²) in [6.45, 7) is 3.89. The van der Waals surface area contributed by atoms with Crippen LogP contribution in [0.15, 0.2) is 49.1 Å². The standard InChI is InChI=1S/C18H19NO5/c1-4-6-15-16(19(20)21)9-10-17(23-3)18(15)24-12-13-7-5-8-14(11-13)22-2/h4-5,7-11H,1,6,12H2,2-3H3. The van der Waals surface area contributed by atoms with Gasteiger partial charge in [-0.3, -0.25) is 10.1 Å². The molecule has 0 atom stereocenters. The second kappa shape index (κ2) is 8.01. The molecule has 0 fully saturated rings. The van der Waals surface area contributed by atoms with Crippen molar-refractivity contribution in [3.63, 3.8) is 0 Å². The van der Waals surface area contributed by atoms with Crippen molar-refractivity contribution in [1.29, 1.82) is 0 Å². The molecule has 0 bridgehead atoms. The molecule has 0 radical (unpaired) electrons. The van der Waals surface area contributed by atoms with E-state index in [1.165, 1.54) is 19.2 Å². The van der Waals surface area contributed by atoms with Gasteiger partial charge in [-0.15, -0.1) is 6.58 Å². The van der Waals surface area contributed by atoms with Gasteiger partial charge >= 0.3 is 0 Å². The molecule has 0 amide bonds. The lowest BCUT2D eigenvalue weighted by molar-refractivity contribution is -0.385. The number of methoxy groups -OCH3 is 2. The highest BCUT2D eigenvalue weighted by molar-refractivity contribution is 5.58. The minimum Gasteiger partial charge on any atom is -0.497 e. The number of hydrogen-bond donors (Lipinski definition) is 0. The lowest BCUT2D eigenvalue weighted by Crippen LogP contribution is -2.04. The van der Waals surface area contributed by atoms with Crippen molar-refractivity contribution in [3.05, 3.63) is 70.3 Å². The summed E-state index contributed by atoms with van der Waals surface area (Å²) < 4.78 is 16.3. The van der Waals surface area contributed by atoms with E-state index < -0.39 is 4.92 Å². The molecule has 2 rings (SSSR count). The Labute approximate surface area is 140 Å². The van der Waals surface area contributed by atoms with Gasteiger partial charge in [-0.1, -0.05) is 18.2 Å². The van der Waals surface area contributed by atoms with Gasteiger partial charge in [-0.25, -0.2) is 0 Å². The number of nitro groups is 1. The second-order valence-electron chi connectivity index (χ2n) is 4.98. The molecule has 0 saturated heterocycles. The van der Waals surface area contributed by atoms with Crippen molar-refractivity contribution in [2.45, 2.75) is 13.0 Å². The van der Waals surface area contributed by atoms with Crippen LogP contribution in [0.3, 0.4) is 0 Å². The number of benzene rings is 2. The number of rotatable bonds is 8. The largest absolute Gasteiger partial charge is 0.497 e. The molecule has 0 heterocycles. The summed E-state index contributed by atoms with van der Waals surface area (Å²) in [4.78, 5) is 10.8. The normalized spacial score (nSPS) is 10.1. The Morgan fingerprint density at radius 3 is 2.62 bits per heavy atom. The van der Waals surface area contributed by atoms with Crippen LogP contribution in [0.1, 0.15) is 11.1 Å². The van der Waals surface area contributed by atoms with Crippen molar-refractivity contribution < 1.29 is 19.1 Å². The summed E-state index contributed by atoms with van der Waals surface area (Å²) >= 11 is 0. The lowest BCUT2D eigenvalue weighted by atomic mass is 10.1. The zero-order valence-corrected chi connectivity index (χ0v) is 13.7. The summed E-state index contributed by atoms with van der Waals surface area (Å²) in [6, 6.07) is 10.4. The minimum absolute atomic E-state index is 0.0173. The average Bonchev–Trinajstić information content (AvgIpc) is 2.60. The molecule has 0 spiro atoms. The number of hydrogen-bond acceptors (Lipinski definition) is 5. The van der Waals surface area contributed by atoms with E-state index in [1.54, 1.807) is 13.2 Å². The summed E-state index contributed by atoms with van der Waals surface area (Å²) in [6.07, 6.45) is 1.90. The van der Waals surface area contributed by atoms with Gasteiger partial charge in [-0.2, -0.15) is 0 Å². The fourth-order valence-corrected chi connectivity index (χ4v) is 2.35. The highest BCUT2D eigenvalue weighted by Gasteiger charge is 2.22. The number of allylic oxidation sites excluding steroid dienone is 1. The quantitative estimate of drug-likeness (QED) is 0.417. The Hall–Kier alpha value is -3.02. The molecule has 0 aliphatic rings. The van der Waals surface area contributed by atoms with E-state index in [2.05, 4.69) is 6.58 Å². The van der Waals surface area contributed by atoms with E-state index in [1.807, 2.05) is 24.3 Å². The molecular formula is C18H19NO5. The van der Waals surface area contributed by atoms with E-state index in [9.17, 15) is 10.1 Å². The van der Waals surface area contributed by atoms with Gasteiger partial charge in [0.25, 0.3) is 5.69 Å². The van der Waals surface area contributed by atoms with Gasteiger partial charge in [0.05, 0.1) is 24.7 Å². The number of nitro benzene ring substituents is 1. The van der Waals surface area contributed by atoms with Crippen LogP contribution in [0, 0.1) is 10.1 Å². The van der Waals surface area contributed by atoms with E-state index >= 15 is 0 Å². The van der Waals surface area contributed by atoms with Crippen LogP contribution in [0.25, 0.3) is 0 Å². The molecule has 6 nitrogen and oxygen atoms in total. The predicted octanol–water partition coefficient (Wildman–Crippen LogP) is 3.92. The van der Waals surface area contributed by atoms with Gasteiger partial charge in [0.1, 0.15) is 12.4 Å². The van der Waals surface area contributed by atoms with Crippen LogP contribution in [-0.2, 0) is 13.0 Å². The first-order valence-electron chi connectivity index (χ1n) is 7.31. The fraction of sp³-hybridized carbons (Fsp3) is 0.222. The number of nitrogens with zero attached hydrogens (tertiary/aromatic N) is 1. The fourth-order valence-electron chi connectivity index (χ4n) is 2.35. The zero-order valence-electron chi connectivity index (χ0n) is 13.7. The van der Waals surface area contributed by atoms with Crippen molar-refractivity contribution in [2.75, 3.05) is 14.2 Å². The zero-order chi connectivity index (χ0) is 17.5. The molecule has 126 valence electrons. The van der Waals surface area contributed by atoms with Crippen LogP contribution in [-0.4, -0.2) is 19.1 Å². The van der Waals surface area contributed by atoms with Crippen LogP contribution in [0.4, 0.5) is 5.69 Å². The van der Waals surface area contributed by atoms with Crippen molar-refractivity contribution in [3.8, 4) is 17.2 Å². The Morgan fingerprint density at radius 2 is 2.00 bits per heavy atom. The van der Waals surface area contributed by atoms with Gasteiger partial charge in [0, 0.05) is 12.5 Å². The van der Waals surface area contributed by atoms with Gasteiger partial charge in [0.15, 0.2) is 11.5 Å². The second-order valence-corrected chi connectivity index (χ2v) is 4.98. The summed E-state index contributed by atoms with van der Waals surface area (Å²) in [5.41, 5.74) is 1.31. The van der Waals surface area contributed by atoms with E-state index in [0.29, 0.717) is 29.2 Å². The Kier molecular flexibility index (Phi) is 5.78. The van der Waals surface area contributed by atoms with Crippen LogP contribution >= 0.6 is 0 Å². The molecule has 0 aliphatic carbocycles. The number of ether oxygens (including phenoxy) is 3. The minimum atomic E-state index is -0.434. The maximum absolute atomic E-state index is 11.3. The molecule has 0 aliphatic heterocycles. The highest BCUT2D eigenvalue weighted by Crippen LogP contribution is 2.38. The van der Waals surface area contributed by atoms with Crippen LogP contribution in [0.2, 0.25) is 0 Å². The van der Waals surface area contributed by atoms with Gasteiger partial charge < -0.3 is 14.2 Å². The highest BCUT2D eigenvalue weighted by atomic mass is 16.6. The summed E-state index contributed by atoms with van der Waals surface area (Å²) in [5, 5.41) is 11.3. The third-order valence-corrected chi connectivity index (χ3v) is 3.48. The molecular weight excluding hydrogens is 310 g/mol. The molecule has 2 aromatic carbocycles. The lowest BCUT2D eigenvalue weighted by Gasteiger charge is -2.15. The Bertz CT molecular complexity index is 742. The first-order chi connectivity index (χ1) is 11.6. The van der Waals surface area contributed by atoms with Gasteiger partial charge in [-0.05, 0) is 23.8 Å². The summed E-state index contributed by atoms with van der Waals surface area (Å²) in [7, 11) is 3.09. The molecule has 2 aromatic rings. The summed E-state index contributed by atoms with van der Waals surface area (Å²) in [5.74, 6) is 1.52. The molecule has 0 saturated carbocycles. The molecule has 0 aromatic heterocycles. The average molecular weight is 329 g/mol. The van der Waals surface area contributed by atoms with Gasteiger partial charge in [0.2, 0.25) is 0 Å². The van der Waals surface area contributed by atoms with Crippen molar-refractivity contribution in [1.82, 2.24) is 0 Å². The van der Waals surface area contributed by atoms with E-state index in [0.717, 1.165) is 5.56 Å². The third kappa shape index (κ3) is 3.84. The topological polar surface area (TPSA) is 70.8 Å². The molecule has 24 heavy (non-hydrogen) atoms. The first-order valence-corrected chi connectivity index (χ1v) is 7.31. The molecule has 6 heteroatoms. The molecule has 0 N–H and O–H groups in total. The first kappa shape index (κ1) is 17.3. The maximum Gasteiger partial charge on any atom is 0.276 e. The monoisotopic (exact) mass is 329 g/mol. The van der Waals surface area contributed by atoms with E-state index in [-0.39, 0.29) is 12.3 Å². The van der Waals surface area contributed by atoms with Crippen LogP contribution in [0.5, 0.6) is 17.2 Å². The third-order valence-electron chi connectivity index (χ3n) is 3.48. The Balaban J connectivity index is 2.37.